The van der Waals surface area contributed by atoms with Crippen molar-refractivity contribution in [3.8, 4) is 0 Å². The van der Waals surface area contributed by atoms with Crippen LogP contribution in [0.15, 0.2) is 24.3 Å². The van der Waals surface area contributed by atoms with Gasteiger partial charge in [0, 0.05) is 12.4 Å². The molecule has 4 nitrogen and oxygen atoms in total. The largest absolute Gasteiger partial charge is 0.324 e. The van der Waals surface area contributed by atoms with E-state index in [1.54, 1.807) is 4.68 Å². The summed E-state index contributed by atoms with van der Waals surface area (Å²) in [7, 11) is 1.82. The van der Waals surface area contributed by atoms with Crippen LogP contribution in [-0.2, 0) is 7.05 Å². The number of carbonyl (C=O) groups excluding carboxylic acids is 1. The summed E-state index contributed by atoms with van der Waals surface area (Å²) in [5, 5.41) is 5.01. The van der Waals surface area contributed by atoms with E-state index >= 15 is 0 Å². The number of hydrogen-bond acceptors (Lipinski definition) is 3. The number of fused-ring (bicyclic) bond motifs is 1. The van der Waals surface area contributed by atoms with Gasteiger partial charge in [-0.25, -0.2) is 0 Å². The lowest BCUT2D eigenvalue weighted by atomic mass is 10.1. The van der Waals surface area contributed by atoms with Gasteiger partial charge in [0.1, 0.15) is 5.69 Å². The molecule has 2 N–H and O–H groups in total. The Balaban J connectivity index is 2.72. The predicted octanol–water partition coefficient (Wildman–Crippen LogP) is 0.715. The van der Waals surface area contributed by atoms with E-state index in [9.17, 15) is 4.79 Å². The lowest BCUT2D eigenvalue weighted by molar-refractivity contribution is 0.0997. The van der Waals surface area contributed by atoms with Crippen molar-refractivity contribution >= 4 is 16.7 Å². The predicted molar refractivity (Wildman–Crippen MR) is 54.1 cm³/mol. The molecule has 0 atom stereocenters. The molecule has 2 aromatic rings. The lowest BCUT2D eigenvalue weighted by Crippen LogP contribution is -2.14. The fourth-order valence-corrected chi connectivity index (χ4v) is 1.52. The van der Waals surface area contributed by atoms with Crippen LogP contribution in [0.5, 0.6) is 0 Å². The minimum atomic E-state index is -0.123. The van der Waals surface area contributed by atoms with Gasteiger partial charge in [-0.2, -0.15) is 5.10 Å². The second-order valence-electron chi connectivity index (χ2n) is 3.12. The first kappa shape index (κ1) is 8.90. The van der Waals surface area contributed by atoms with Crippen LogP contribution in [0.1, 0.15) is 10.5 Å². The number of carbonyl (C=O) groups is 1. The number of nitrogens with zero attached hydrogens (tertiary/aromatic N) is 2. The standard InChI is InChI=1S/C10H11N3O/c1-13-8-5-3-2-4-7(8)10(12-13)9(14)6-11/h2-5H,6,11H2,1H3. The highest BCUT2D eigenvalue weighted by Crippen LogP contribution is 2.17. The van der Waals surface area contributed by atoms with E-state index in [0.29, 0.717) is 5.69 Å². The van der Waals surface area contributed by atoms with E-state index < -0.39 is 0 Å². The second-order valence-corrected chi connectivity index (χ2v) is 3.12. The average Bonchev–Trinajstić information content (AvgIpc) is 2.56. The fourth-order valence-electron chi connectivity index (χ4n) is 1.52. The summed E-state index contributed by atoms with van der Waals surface area (Å²) in [6.07, 6.45) is 0. The van der Waals surface area contributed by atoms with Gasteiger partial charge in [-0.05, 0) is 6.07 Å². The summed E-state index contributed by atoms with van der Waals surface area (Å²) in [4.78, 5) is 11.4. The third-order valence-electron chi connectivity index (χ3n) is 2.21. The number of hydrogen-bond donors (Lipinski definition) is 1. The summed E-state index contributed by atoms with van der Waals surface area (Å²) in [6.45, 7) is 0.001000. The minimum absolute atomic E-state index is 0.001000. The summed E-state index contributed by atoms with van der Waals surface area (Å²) >= 11 is 0. The number of ketones is 1. The molecule has 0 saturated carbocycles. The molecule has 0 bridgehead atoms. The second kappa shape index (κ2) is 3.23. The molecule has 1 aromatic carbocycles. The maximum absolute atomic E-state index is 11.4. The van der Waals surface area contributed by atoms with Gasteiger partial charge in [-0.3, -0.25) is 9.48 Å². The van der Waals surface area contributed by atoms with Crippen molar-refractivity contribution in [3.05, 3.63) is 30.0 Å². The number of aryl methyl sites for hydroxylation is 1. The lowest BCUT2D eigenvalue weighted by Gasteiger charge is -1.91. The Kier molecular flexibility index (Phi) is 2.05. The number of para-hydroxylation sites is 1. The topological polar surface area (TPSA) is 60.9 Å². The molecule has 0 aliphatic rings. The zero-order chi connectivity index (χ0) is 10.1. The maximum Gasteiger partial charge on any atom is 0.197 e. The number of Topliss-reactive ketones (excluding diaryl/α,β-unsaturated/α-hetero) is 1. The number of nitrogens with two attached hydrogens (primary N) is 1. The first-order valence-electron chi connectivity index (χ1n) is 4.39. The van der Waals surface area contributed by atoms with Crippen LogP contribution in [0, 0.1) is 0 Å². The van der Waals surface area contributed by atoms with Crippen molar-refractivity contribution in [2.75, 3.05) is 6.54 Å². The highest BCUT2D eigenvalue weighted by Gasteiger charge is 2.13. The van der Waals surface area contributed by atoms with Gasteiger partial charge in [0.15, 0.2) is 5.78 Å². The Morgan fingerprint density at radius 1 is 1.50 bits per heavy atom. The maximum atomic E-state index is 11.4. The quantitative estimate of drug-likeness (QED) is 0.708. The molecule has 0 unspecified atom stereocenters. The third kappa shape index (κ3) is 1.20. The molecular weight excluding hydrogens is 178 g/mol. The summed E-state index contributed by atoms with van der Waals surface area (Å²) in [5.74, 6) is -0.123. The van der Waals surface area contributed by atoms with E-state index in [1.165, 1.54) is 0 Å². The van der Waals surface area contributed by atoms with Crippen LogP contribution in [0.4, 0.5) is 0 Å². The molecular formula is C10H11N3O. The van der Waals surface area contributed by atoms with Crippen molar-refractivity contribution in [2.24, 2.45) is 12.8 Å². The van der Waals surface area contributed by atoms with E-state index in [1.807, 2.05) is 31.3 Å². The van der Waals surface area contributed by atoms with Crippen LogP contribution in [0.25, 0.3) is 10.9 Å². The first-order chi connectivity index (χ1) is 6.74. The average molecular weight is 189 g/mol. The molecule has 0 amide bonds. The zero-order valence-corrected chi connectivity index (χ0v) is 7.90. The van der Waals surface area contributed by atoms with E-state index in [4.69, 9.17) is 5.73 Å². The fraction of sp³-hybridized carbons (Fsp3) is 0.200. The molecule has 2 rings (SSSR count). The summed E-state index contributed by atoms with van der Waals surface area (Å²) < 4.78 is 1.69. The van der Waals surface area contributed by atoms with Crippen LogP contribution >= 0.6 is 0 Å². The number of rotatable bonds is 2. The van der Waals surface area contributed by atoms with E-state index in [0.717, 1.165) is 10.9 Å². The van der Waals surface area contributed by atoms with Crippen LogP contribution in [0.3, 0.4) is 0 Å². The van der Waals surface area contributed by atoms with Crippen LogP contribution in [-0.4, -0.2) is 22.1 Å². The SMILES string of the molecule is Cn1nc(C(=O)CN)c2ccccc21. The molecule has 0 radical (unpaired) electrons. The highest BCUT2D eigenvalue weighted by molar-refractivity contribution is 6.06. The van der Waals surface area contributed by atoms with E-state index in [-0.39, 0.29) is 12.3 Å². The summed E-state index contributed by atoms with van der Waals surface area (Å²) in [6, 6.07) is 7.61. The van der Waals surface area contributed by atoms with Crippen molar-refractivity contribution in [1.29, 1.82) is 0 Å². The Labute approximate surface area is 81.3 Å². The van der Waals surface area contributed by atoms with Crippen LogP contribution < -0.4 is 5.73 Å². The van der Waals surface area contributed by atoms with Gasteiger partial charge in [0.2, 0.25) is 0 Å². The van der Waals surface area contributed by atoms with Crippen molar-refractivity contribution < 1.29 is 4.79 Å². The van der Waals surface area contributed by atoms with Crippen LogP contribution in [0.2, 0.25) is 0 Å². The third-order valence-corrected chi connectivity index (χ3v) is 2.21. The Hall–Kier alpha value is -1.68. The molecule has 4 heteroatoms. The molecule has 1 aromatic heterocycles. The Bertz CT molecular complexity index is 487. The summed E-state index contributed by atoms with van der Waals surface area (Å²) in [5.41, 5.74) is 6.72. The zero-order valence-electron chi connectivity index (χ0n) is 7.90. The normalized spacial score (nSPS) is 10.7. The molecule has 0 fully saturated rings. The monoisotopic (exact) mass is 189 g/mol. The Morgan fingerprint density at radius 2 is 2.21 bits per heavy atom. The molecule has 72 valence electrons. The number of benzene rings is 1. The highest BCUT2D eigenvalue weighted by atomic mass is 16.1. The van der Waals surface area contributed by atoms with E-state index in [2.05, 4.69) is 5.10 Å². The van der Waals surface area contributed by atoms with Gasteiger partial charge >= 0.3 is 0 Å². The molecule has 0 saturated heterocycles. The van der Waals surface area contributed by atoms with Gasteiger partial charge in [-0.1, -0.05) is 18.2 Å². The van der Waals surface area contributed by atoms with Gasteiger partial charge < -0.3 is 5.73 Å². The first-order valence-corrected chi connectivity index (χ1v) is 4.39. The molecule has 0 aliphatic carbocycles. The molecule has 0 aliphatic heterocycles. The Morgan fingerprint density at radius 3 is 2.93 bits per heavy atom. The van der Waals surface area contributed by atoms with Gasteiger partial charge in [0.05, 0.1) is 12.1 Å². The molecule has 1 heterocycles. The number of aromatic nitrogens is 2. The van der Waals surface area contributed by atoms with Gasteiger partial charge in [-0.15, -0.1) is 0 Å². The van der Waals surface area contributed by atoms with Gasteiger partial charge in [0.25, 0.3) is 0 Å². The van der Waals surface area contributed by atoms with Crippen molar-refractivity contribution in [3.63, 3.8) is 0 Å². The molecule has 0 spiro atoms. The van der Waals surface area contributed by atoms with Crippen molar-refractivity contribution in [2.45, 2.75) is 0 Å². The van der Waals surface area contributed by atoms with Crippen molar-refractivity contribution in [1.82, 2.24) is 9.78 Å². The molecule has 14 heavy (non-hydrogen) atoms. The minimum Gasteiger partial charge on any atom is -0.324 e. The smallest absolute Gasteiger partial charge is 0.197 e.